The van der Waals surface area contributed by atoms with Crippen LogP contribution in [0.4, 0.5) is 11.4 Å². The van der Waals surface area contributed by atoms with Crippen molar-refractivity contribution in [3.8, 4) is 5.75 Å². The normalized spacial score (nSPS) is 14.2. The zero-order chi connectivity index (χ0) is 21.5. The number of carbonyl (C=O) groups is 2. The molecule has 30 heavy (non-hydrogen) atoms. The molecule has 1 fully saturated rings. The topological polar surface area (TPSA) is 53.1 Å². The van der Waals surface area contributed by atoms with Gasteiger partial charge in [-0.1, -0.05) is 18.6 Å². The average Bonchev–Trinajstić information content (AvgIpc) is 2.96. The van der Waals surface area contributed by atoms with E-state index in [1.165, 1.54) is 0 Å². The third kappa shape index (κ3) is 5.53. The van der Waals surface area contributed by atoms with Crippen LogP contribution in [-0.4, -0.2) is 51.0 Å². The maximum absolute atomic E-state index is 13.3. The van der Waals surface area contributed by atoms with E-state index in [-0.39, 0.29) is 18.4 Å². The molecule has 0 aliphatic carbocycles. The summed E-state index contributed by atoms with van der Waals surface area (Å²) in [4.78, 5) is 31.2. The van der Waals surface area contributed by atoms with Gasteiger partial charge in [-0.05, 0) is 54.8 Å². The number of ether oxygens (including phenoxy) is 1. The number of benzene rings is 2. The molecule has 1 saturated heterocycles. The number of carbonyl (C=O) groups excluding carboxylic acids is 2. The highest BCUT2D eigenvalue weighted by Crippen LogP contribution is 2.23. The van der Waals surface area contributed by atoms with Crippen molar-refractivity contribution in [2.24, 2.45) is 0 Å². The lowest BCUT2D eigenvalue weighted by molar-refractivity contribution is -0.134. The lowest BCUT2D eigenvalue weighted by Gasteiger charge is -2.27. The molecule has 6 nitrogen and oxygen atoms in total. The minimum Gasteiger partial charge on any atom is -0.497 e. The smallest absolute Gasteiger partial charge is 0.246 e. The van der Waals surface area contributed by atoms with Gasteiger partial charge in [0.05, 0.1) is 13.7 Å². The van der Waals surface area contributed by atoms with Crippen LogP contribution in [-0.2, 0) is 16.1 Å². The Morgan fingerprint density at radius 1 is 0.967 bits per heavy atom. The molecule has 0 radical (unpaired) electrons. The first-order valence-electron chi connectivity index (χ1n) is 10.5. The average molecular weight is 410 g/mol. The predicted octanol–water partition coefficient (Wildman–Crippen LogP) is 3.70. The Hall–Kier alpha value is -3.02. The molecule has 3 rings (SSSR count). The van der Waals surface area contributed by atoms with Crippen LogP contribution in [0.15, 0.2) is 48.5 Å². The fourth-order valence-corrected chi connectivity index (χ4v) is 3.62. The second kappa shape index (κ2) is 10.1. The summed E-state index contributed by atoms with van der Waals surface area (Å²) >= 11 is 0. The molecule has 160 valence electrons. The Labute approximate surface area is 179 Å². The molecule has 2 aromatic carbocycles. The maximum Gasteiger partial charge on any atom is 0.246 e. The van der Waals surface area contributed by atoms with Crippen LogP contribution in [0.25, 0.3) is 0 Å². The van der Waals surface area contributed by atoms with Gasteiger partial charge in [0.25, 0.3) is 0 Å². The highest BCUT2D eigenvalue weighted by atomic mass is 16.5. The van der Waals surface area contributed by atoms with Crippen molar-refractivity contribution < 1.29 is 14.3 Å². The molecular formula is C24H31N3O3. The van der Waals surface area contributed by atoms with Gasteiger partial charge in [-0.25, -0.2) is 0 Å². The van der Waals surface area contributed by atoms with Crippen molar-refractivity contribution in [3.63, 3.8) is 0 Å². The van der Waals surface area contributed by atoms with E-state index in [0.717, 1.165) is 42.0 Å². The van der Waals surface area contributed by atoms with Crippen molar-refractivity contribution >= 4 is 23.2 Å². The fourth-order valence-electron chi connectivity index (χ4n) is 3.62. The summed E-state index contributed by atoms with van der Waals surface area (Å²) in [6.07, 6.45) is 3.43. The molecule has 6 heteroatoms. The Morgan fingerprint density at radius 2 is 1.63 bits per heavy atom. The van der Waals surface area contributed by atoms with Gasteiger partial charge in [-0.3, -0.25) is 9.59 Å². The van der Waals surface area contributed by atoms with Crippen LogP contribution in [0, 0.1) is 0 Å². The summed E-state index contributed by atoms with van der Waals surface area (Å²) in [7, 11) is 5.62. The van der Waals surface area contributed by atoms with E-state index in [2.05, 4.69) is 0 Å². The molecule has 0 N–H and O–H groups in total. The lowest BCUT2D eigenvalue weighted by atomic mass is 10.1. The van der Waals surface area contributed by atoms with E-state index in [1.54, 1.807) is 16.9 Å². The number of amides is 2. The summed E-state index contributed by atoms with van der Waals surface area (Å²) in [5.41, 5.74) is 2.93. The number of rotatable bonds is 7. The van der Waals surface area contributed by atoms with Crippen LogP contribution in [0.2, 0.25) is 0 Å². The van der Waals surface area contributed by atoms with Gasteiger partial charge < -0.3 is 19.4 Å². The Kier molecular flexibility index (Phi) is 7.33. The number of likely N-dealkylation sites (tertiary alicyclic amines) is 1. The van der Waals surface area contributed by atoms with E-state index in [1.807, 2.05) is 67.5 Å². The molecule has 2 aromatic rings. The highest BCUT2D eigenvalue weighted by Gasteiger charge is 2.23. The van der Waals surface area contributed by atoms with Gasteiger partial charge in [0.1, 0.15) is 12.3 Å². The van der Waals surface area contributed by atoms with Crippen molar-refractivity contribution in [3.05, 3.63) is 54.1 Å². The van der Waals surface area contributed by atoms with Gasteiger partial charge in [0, 0.05) is 38.4 Å². The Morgan fingerprint density at radius 3 is 2.27 bits per heavy atom. The van der Waals surface area contributed by atoms with Crippen LogP contribution in [0.5, 0.6) is 5.75 Å². The number of hydrogen-bond acceptors (Lipinski definition) is 4. The second-order valence-electron chi connectivity index (χ2n) is 7.86. The minimum atomic E-state index is -0.0768. The molecule has 1 aliphatic heterocycles. The standard InChI is InChI=1S/C24H31N3O3/c1-25(2)20-10-8-19(9-11-20)17-27(21-12-14-22(30-3)15-13-21)24(29)18-26-16-6-4-5-7-23(26)28/h8-15H,4-7,16-18H2,1-3H3. The molecule has 0 unspecified atom stereocenters. The SMILES string of the molecule is COc1ccc(N(Cc2ccc(N(C)C)cc2)C(=O)CN2CCCCCC2=O)cc1. The zero-order valence-corrected chi connectivity index (χ0v) is 18.1. The molecule has 0 bridgehead atoms. The van der Waals surface area contributed by atoms with E-state index in [9.17, 15) is 9.59 Å². The van der Waals surface area contributed by atoms with Crippen molar-refractivity contribution in [1.29, 1.82) is 0 Å². The number of nitrogens with zero attached hydrogens (tertiary/aromatic N) is 3. The van der Waals surface area contributed by atoms with Crippen LogP contribution in [0.3, 0.4) is 0 Å². The highest BCUT2D eigenvalue weighted by molar-refractivity contribution is 5.96. The van der Waals surface area contributed by atoms with Crippen molar-refractivity contribution in [2.45, 2.75) is 32.2 Å². The van der Waals surface area contributed by atoms with Gasteiger partial charge >= 0.3 is 0 Å². The van der Waals surface area contributed by atoms with Crippen LogP contribution < -0.4 is 14.5 Å². The van der Waals surface area contributed by atoms with Gasteiger partial charge in [-0.2, -0.15) is 0 Å². The number of anilines is 2. The summed E-state index contributed by atoms with van der Waals surface area (Å²) in [6, 6.07) is 15.6. The molecule has 0 saturated carbocycles. The summed E-state index contributed by atoms with van der Waals surface area (Å²) in [5, 5.41) is 0. The summed E-state index contributed by atoms with van der Waals surface area (Å²) in [6.45, 7) is 1.21. The van der Waals surface area contributed by atoms with E-state index >= 15 is 0 Å². The molecule has 0 aromatic heterocycles. The molecule has 1 heterocycles. The number of hydrogen-bond donors (Lipinski definition) is 0. The fraction of sp³-hybridized carbons (Fsp3) is 0.417. The monoisotopic (exact) mass is 409 g/mol. The van der Waals surface area contributed by atoms with Gasteiger partial charge in [0.15, 0.2) is 0 Å². The molecule has 0 spiro atoms. The first-order valence-corrected chi connectivity index (χ1v) is 10.5. The second-order valence-corrected chi connectivity index (χ2v) is 7.86. The molecule has 0 atom stereocenters. The molecular weight excluding hydrogens is 378 g/mol. The zero-order valence-electron chi connectivity index (χ0n) is 18.1. The van der Waals surface area contributed by atoms with E-state index < -0.39 is 0 Å². The largest absolute Gasteiger partial charge is 0.497 e. The first-order chi connectivity index (χ1) is 14.5. The molecule has 2 amide bonds. The summed E-state index contributed by atoms with van der Waals surface area (Å²) < 4.78 is 5.25. The summed E-state index contributed by atoms with van der Waals surface area (Å²) in [5.74, 6) is 0.738. The van der Waals surface area contributed by atoms with Crippen LogP contribution >= 0.6 is 0 Å². The Bertz CT molecular complexity index is 847. The predicted molar refractivity (Wildman–Crippen MR) is 120 cm³/mol. The first kappa shape index (κ1) is 21.7. The maximum atomic E-state index is 13.3. The third-order valence-electron chi connectivity index (χ3n) is 5.48. The van der Waals surface area contributed by atoms with Crippen molar-refractivity contribution in [2.75, 3.05) is 44.1 Å². The lowest BCUT2D eigenvalue weighted by Crippen LogP contribution is -2.42. The van der Waals surface area contributed by atoms with Crippen molar-refractivity contribution in [1.82, 2.24) is 4.90 Å². The minimum absolute atomic E-state index is 0.0749. The third-order valence-corrected chi connectivity index (χ3v) is 5.48. The number of methoxy groups -OCH3 is 1. The van der Waals surface area contributed by atoms with E-state index in [4.69, 9.17) is 4.74 Å². The Balaban J connectivity index is 1.82. The molecule has 1 aliphatic rings. The van der Waals surface area contributed by atoms with Gasteiger partial charge in [0.2, 0.25) is 11.8 Å². The van der Waals surface area contributed by atoms with Gasteiger partial charge in [-0.15, -0.1) is 0 Å². The quantitative estimate of drug-likeness (QED) is 0.700. The van der Waals surface area contributed by atoms with Crippen LogP contribution in [0.1, 0.15) is 31.2 Å². The van der Waals surface area contributed by atoms with E-state index in [0.29, 0.717) is 19.5 Å².